The van der Waals surface area contributed by atoms with Crippen LogP contribution < -0.4 is 5.32 Å². The lowest BCUT2D eigenvalue weighted by molar-refractivity contribution is 0.382. The lowest BCUT2D eigenvalue weighted by Gasteiger charge is -2.23. The van der Waals surface area contributed by atoms with Gasteiger partial charge in [-0.05, 0) is 6.07 Å². The Labute approximate surface area is 79.7 Å². The zero-order valence-corrected chi connectivity index (χ0v) is 7.40. The van der Waals surface area contributed by atoms with Crippen LogP contribution >= 0.6 is 0 Å². The molecule has 0 aliphatic carbocycles. The number of nitrogens with zero attached hydrogens (tertiary/aromatic N) is 3. The molecule has 0 atom stereocenters. The van der Waals surface area contributed by atoms with Gasteiger partial charge in [-0.3, -0.25) is 5.10 Å². The largest absolute Gasteiger partial charge is 0.332 e. The monoisotopic (exact) mass is 191 g/mol. The Hall–Kier alpha value is -1.69. The van der Waals surface area contributed by atoms with Crippen molar-refractivity contribution in [2.45, 2.75) is 5.92 Å². The van der Waals surface area contributed by atoms with E-state index in [1.807, 2.05) is 0 Å². The number of rotatable bonds is 2. The molecule has 0 radical (unpaired) electrons. The Morgan fingerprint density at radius 1 is 1.43 bits per heavy atom. The van der Waals surface area contributed by atoms with Gasteiger partial charge in [-0.1, -0.05) is 5.16 Å². The molecular weight excluding hydrogens is 182 g/mol. The lowest BCUT2D eigenvalue weighted by atomic mass is 10.0. The minimum Gasteiger partial charge on any atom is -0.332 e. The molecule has 6 nitrogen and oxygen atoms in total. The third kappa shape index (κ3) is 1.12. The van der Waals surface area contributed by atoms with Crippen molar-refractivity contribution in [2.75, 3.05) is 13.1 Å². The molecule has 2 N–H and O–H groups in total. The van der Waals surface area contributed by atoms with Crippen molar-refractivity contribution in [3.8, 4) is 11.6 Å². The molecule has 1 saturated heterocycles. The second-order valence-corrected chi connectivity index (χ2v) is 3.28. The molecule has 1 aliphatic heterocycles. The first-order valence-corrected chi connectivity index (χ1v) is 4.47. The molecule has 0 spiro atoms. The first-order valence-electron chi connectivity index (χ1n) is 4.47. The van der Waals surface area contributed by atoms with Crippen molar-refractivity contribution in [3.63, 3.8) is 0 Å². The van der Waals surface area contributed by atoms with Crippen molar-refractivity contribution >= 4 is 0 Å². The quantitative estimate of drug-likeness (QED) is 0.706. The lowest BCUT2D eigenvalue weighted by Crippen LogP contribution is -2.40. The van der Waals surface area contributed by atoms with Gasteiger partial charge in [0.1, 0.15) is 5.69 Å². The Kier molecular flexibility index (Phi) is 1.60. The van der Waals surface area contributed by atoms with E-state index in [-0.39, 0.29) is 0 Å². The Morgan fingerprint density at radius 3 is 3.00 bits per heavy atom. The van der Waals surface area contributed by atoms with Crippen LogP contribution in [0.5, 0.6) is 0 Å². The van der Waals surface area contributed by atoms with Crippen molar-refractivity contribution in [3.05, 3.63) is 18.1 Å². The third-order valence-corrected chi connectivity index (χ3v) is 2.32. The molecule has 3 heterocycles. The van der Waals surface area contributed by atoms with Crippen molar-refractivity contribution in [1.29, 1.82) is 0 Å². The molecule has 3 rings (SSSR count). The summed E-state index contributed by atoms with van der Waals surface area (Å²) in [4.78, 5) is 4.29. The van der Waals surface area contributed by atoms with Crippen LogP contribution in [0.1, 0.15) is 11.7 Å². The van der Waals surface area contributed by atoms with Gasteiger partial charge in [-0.2, -0.15) is 10.1 Å². The predicted octanol–water partition coefficient (Wildman–Crippen LogP) is 0.146. The van der Waals surface area contributed by atoms with Gasteiger partial charge in [0.2, 0.25) is 0 Å². The highest BCUT2D eigenvalue weighted by molar-refractivity contribution is 5.44. The first kappa shape index (κ1) is 7.69. The predicted molar refractivity (Wildman–Crippen MR) is 47.5 cm³/mol. The Balaban J connectivity index is 1.90. The van der Waals surface area contributed by atoms with E-state index in [1.165, 1.54) is 0 Å². The molecule has 2 aromatic heterocycles. The van der Waals surface area contributed by atoms with Crippen LogP contribution in [0, 0.1) is 0 Å². The highest BCUT2D eigenvalue weighted by atomic mass is 16.5. The summed E-state index contributed by atoms with van der Waals surface area (Å²) >= 11 is 0. The topological polar surface area (TPSA) is 79.6 Å². The van der Waals surface area contributed by atoms with Crippen LogP contribution in [0.3, 0.4) is 0 Å². The summed E-state index contributed by atoms with van der Waals surface area (Å²) in [5.41, 5.74) is 0.760. The number of aromatic amines is 1. The second kappa shape index (κ2) is 2.91. The molecular formula is C8H9N5O. The summed E-state index contributed by atoms with van der Waals surface area (Å²) in [7, 11) is 0. The average molecular weight is 191 g/mol. The molecule has 2 aromatic rings. The zero-order chi connectivity index (χ0) is 9.38. The van der Waals surface area contributed by atoms with E-state index >= 15 is 0 Å². The van der Waals surface area contributed by atoms with Crippen molar-refractivity contribution in [2.24, 2.45) is 0 Å². The number of nitrogens with one attached hydrogen (secondary N) is 2. The molecule has 0 unspecified atom stereocenters. The van der Waals surface area contributed by atoms with Crippen LogP contribution in [0.25, 0.3) is 11.6 Å². The van der Waals surface area contributed by atoms with Gasteiger partial charge in [0.05, 0.1) is 0 Å². The maximum atomic E-state index is 5.11. The average Bonchev–Trinajstić information content (AvgIpc) is 2.65. The van der Waals surface area contributed by atoms with Crippen LogP contribution in [0.2, 0.25) is 0 Å². The summed E-state index contributed by atoms with van der Waals surface area (Å²) in [6, 6.07) is 1.80. The SMILES string of the molecule is c1cc(-c2nc(C3CNC3)no2)[nH]n1. The second-order valence-electron chi connectivity index (χ2n) is 3.28. The van der Waals surface area contributed by atoms with Gasteiger partial charge in [0, 0.05) is 25.2 Å². The van der Waals surface area contributed by atoms with Crippen LogP contribution in [0.15, 0.2) is 16.8 Å². The Bertz CT molecular complexity index is 417. The van der Waals surface area contributed by atoms with Gasteiger partial charge >= 0.3 is 0 Å². The fourth-order valence-electron chi connectivity index (χ4n) is 1.36. The van der Waals surface area contributed by atoms with Gasteiger partial charge < -0.3 is 9.84 Å². The summed E-state index contributed by atoms with van der Waals surface area (Å²) in [5.74, 6) is 1.67. The smallest absolute Gasteiger partial charge is 0.275 e. The minimum absolute atomic E-state index is 0.399. The summed E-state index contributed by atoms with van der Waals surface area (Å²) in [6.45, 7) is 1.86. The molecule has 1 fully saturated rings. The fraction of sp³-hybridized carbons (Fsp3) is 0.375. The molecule has 0 amide bonds. The van der Waals surface area contributed by atoms with Crippen LogP contribution in [0.4, 0.5) is 0 Å². The molecule has 14 heavy (non-hydrogen) atoms. The summed E-state index contributed by atoms with van der Waals surface area (Å²) in [5, 5.41) is 13.7. The van der Waals surface area contributed by atoms with E-state index in [4.69, 9.17) is 4.52 Å². The Morgan fingerprint density at radius 2 is 2.36 bits per heavy atom. The van der Waals surface area contributed by atoms with Gasteiger partial charge in [-0.25, -0.2) is 0 Å². The minimum atomic E-state index is 0.399. The molecule has 6 heteroatoms. The molecule has 0 saturated carbocycles. The summed E-state index contributed by atoms with van der Waals surface area (Å²) < 4.78 is 5.11. The summed E-state index contributed by atoms with van der Waals surface area (Å²) in [6.07, 6.45) is 1.66. The zero-order valence-electron chi connectivity index (χ0n) is 7.40. The maximum absolute atomic E-state index is 5.11. The van der Waals surface area contributed by atoms with Gasteiger partial charge in [0.25, 0.3) is 5.89 Å². The number of hydrogen-bond donors (Lipinski definition) is 2. The van der Waals surface area contributed by atoms with Crippen molar-refractivity contribution < 1.29 is 4.52 Å². The van der Waals surface area contributed by atoms with Gasteiger partial charge in [-0.15, -0.1) is 0 Å². The molecule has 72 valence electrons. The van der Waals surface area contributed by atoms with E-state index in [2.05, 4.69) is 25.7 Å². The van der Waals surface area contributed by atoms with E-state index in [0.717, 1.165) is 24.6 Å². The van der Waals surface area contributed by atoms with E-state index in [9.17, 15) is 0 Å². The normalized spacial score (nSPS) is 16.9. The molecule has 0 bridgehead atoms. The van der Waals surface area contributed by atoms with Crippen molar-refractivity contribution in [1.82, 2.24) is 25.7 Å². The van der Waals surface area contributed by atoms with Gasteiger partial charge in [0.15, 0.2) is 5.82 Å². The van der Waals surface area contributed by atoms with E-state index in [1.54, 1.807) is 12.3 Å². The first-order chi connectivity index (χ1) is 6.93. The highest BCUT2D eigenvalue weighted by Gasteiger charge is 2.24. The maximum Gasteiger partial charge on any atom is 0.275 e. The highest BCUT2D eigenvalue weighted by Crippen LogP contribution is 2.20. The number of H-pyrrole nitrogens is 1. The van der Waals surface area contributed by atoms with E-state index in [0.29, 0.717) is 11.8 Å². The molecule has 0 aromatic carbocycles. The van der Waals surface area contributed by atoms with E-state index < -0.39 is 0 Å². The number of aromatic nitrogens is 4. The third-order valence-electron chi connectivity index (χ3n) is 2.32. The van der Waals surface area contributed by atoms with Crippen LogP contribution in [-0.4, -0.2) is 33.4 Å². The number of hydrogen-bond acceptors (Lipinski definition) is 5. The fourth-order valence-corrected chi connectivity index (χ4v) is 1.36. The molecule has 1 aliphatic rings. The van der Waals surface area contributed by atoms with Crippen LogP contribution in [-0.2, 0) is 0 Å². The standard InChI is InChI=1S/C8H9N5O/c1-2-10-12-6(1)8-11-7(13-14-8)5-3-9-4-5/h1-2,5,9H,3-4H2,(H,10,12).